The second-order valence-corrected chi connectivity index (χ2v) is 9.94. The average Bonchev–Trinajstić information content (AvgIpc) is 3.37. The number of benzene rings is 1. The molecule has 0 radical (unpaired) electrons. The van der Waals surface area contributed by atoms with Gasteiger partial charge in [0, 0.05) is 17.6 Å². The first-order valence-corrected chi connectivity index (χ1v) is 11.1. The molecule has 1 aliphatic carbocycles. The van der Waals surface area contributed by atoms with E-state index in [-0.39, 0.29) is 6.04 Å². The van der Waals surface area contributed by atoms with Crippen molar-refractivity contribution in [3.05, 3.63) is 45.4 Å². The number of hydrogen-bond donors (Lipinski definition) is 2. The Morgan fingerprint density at radius 2 is 2.16 bits per heavy atom. The van der Waals surface area contributed by atoms with E-state index in [1.165, 1.54) is 5.56 Å². The molecule has 1 aromatic carbocycles. The molecule has 1 fully saturated rings. The van der Waals surface area contributed by atoms with Crippen LogP contribution >= 0.6 is 11.3 Å². The lowest BCUT2D eigenvalue weighted by molar-refractivity contribution is 0.527. The van der Waals surface area contributed by atoms with Crippen LogP contribution in [-0.2, 0) is 23.0 Å². The summed E-state index contributed by atoms with van der Waals surface area (Å²) in [6, 6.07) is 5.32. The minimum atomic E-state index is -3.55. The molecule has 1 unspecified atom stereocenters. The summed E-state index contributed by atoms with van der Waals surface area (Å²) in [4.78, 5) is 5.90. The number of aryl methyl sites for hydroxylation is 2. The maximum Gasteiger partial charge on any atom is 0.241 e. The van der Waals surface area contributed by atoms with Crippen LogP contribution in [0, 0.1) is 12.8 Å². The standard InChI is InChI=1S/C18H23N3O2S2/c1-12-10-20-18(24-12)17(13-4-5-13)21-25(22,23)16-7-6-15-11-19-8-2-3-14(15)9-16/h6-7,9-10,13,17,19,21H,2-5,8,11H2,1H3. The molecule has 1 aromatic heterocycles. The molecule has 2 aliphatic rings. The van der Waals surface area contributed by atoms with Crippen molar-refractivity contribution in [2.24, 2.45) is 5.92 Å². The Balaban J connectivity index is 1.61. The molecule has 2 N–H and O–H groups in total. The fraction of sp³-hybridized carbons (Fsp3) is 0.500. The third-order valence-corrected chi connectivity index (χ3v) is 7.32. The molecule has 1 atom stereocenters. The third-order valence-electron chi connectivity index (χ3n) is 4.88. The predicted molar refractivity (Wildman–Crippen MR) is 99.1 cm³/mol. The summed E-state index contributed by atoms with van der Waals surface area (Å²) < 4.78 is 28.9. The molecule has 2 heterocycles. The topological polar surface area (TPSA) is 71.1 Å². The van der Waals surface area contributed by atoms with E-state index in [0.717, 1.165) is 54.2 Å². The highest BCUT2D eigenvalue weighted by Gasteiger charge is 2.37. The normalized spacial score (nSPS) is 19.2. The van der Waals surface area contributed by atoms with Crippen LogP contribution in [0.3, 0.4) is 0 Å². The number of nitrogens with one attached hydrogen (secondary N) is 2. The van der Waals surface area contributed by atoms with Gasteiger partial charge in [-0.2, -0.15) is 0 Å². The Morgan fingerprint density at radius 3 is 2.88 bits per heavy atom. The number of sulfonamides is 1. The Hall–Kier alpha value is -1.28. The smallest absolute Gasteiger partial charge is 0.241 e. The first-order chi connectivity index (χ1) is 12.0. The van der Waals surface area contributed by atoms with Gasteiger partial charge in [0.15, 0.2) is 0 Å². The van der Waals surface area contributed by atoms with Crippen molar-refractivity contribution in [1.29, 1.82) is 0 Å². The molecule has 2 aromatic rings. The zero-order chi connectivity index (χ0) is 17.4. The molecular weight excluding hydrogens is 354 g/mol. The van der Waals surface area contributed by atoms with Gasteiger partial charge in [-0.1, -0.05) is 6.07 Å². The van der Waals surface area contributed by atoms with Crippen molar-refractivity contribution in [2.75, 3.05) is 6.54 Å². The number of hydrogen-bond acceptors (Lipinski definition) is 5. The minimum Gasteiger partial charge on any atom is -0.313 e. The lowest BCUT2D eigenvalue weighted by Gasteiger charge is -2.17. The lowest BCUT2D eigenvalue weighted by atomic mass is 10.0. The molecular formula is C18H23N3O2S2. The Morgan fingerprint density at radius 1 is 1.32 bits per heavy atom. The van der Waals surface area contributed by atoms with E-state index in [1.54, 1.807) is 17.4 Å². The first-order valence-electron chi connectivity index (χ1n) is 8.80. The fourth-order valence-electron chi connectivity index (χ4n) is 3.33. The van der Waals surface area contributed by atoms with Crippen molar-refractivity contribution < 1.29 is 8.42 Å². The molecule has 7 heteroatoms. The summed E-state index contributed by atoms with van der Waals surface area (Å²) in [5.74, 6) is 0.366. The van der Waals surface area contributed by atoms with Gasteiger partial charge < -0.3 is 5.32 Å². The van der Waals surface area contributed by atoms with E-state index in [0.29, 0.717) is 10.8 Å². The molecule has 5 nitrogen and oxygen atoms in total. The third kappa shape index (κ3) is 3.79. The van der Waals surface area contributed by atoms with Crippen LogP contribution in [0.5, 0.6) is 0 Å². The number of rotatable bonds is 5. The van der Waals surface area contributed by atoms with Crippen molar-refractivity contribution in [3.63, 3.8) is 0 Å². The predicted octanol–water partition coefficient (Wildman–Crippen LogP) is 2.92. The highest BCUT2D eigenvalue weighted by atomic mass is 32.2. The second-order valence-electron chi connectivity index (χ2n) is 6.96. The maximum atomic E-state index is 13.0. The van der Waals surface area contributed by atoms with Gasteiger partial charge in [-0.25, -0.2) is 18.1 Å². The molecule has 0 bridgehead atoms. The van der Waals surface area contributed by atoms with Gasteiger partial charge in [-0.3, -0.25) is 0 Å². The number of nitrogens with zero attached hydrogens (tertiary/aromatic N) is 1. The highest BCUT2D eigenvalue weighted by Crippen LogP contribution is 2.42. The Kier molecular flexibility index (Phi) is 4.66. The van der Waals surface area contributed by atoms with Gasteiger partial charge >= 0.3 is 0 Å². The monoisotopic (exact) mass is 377 g/mol. The second kappa shape index (κ2) is 6.79. The summed E-state index contributed by atoms with van der Waals surface area (Å²) in [6.07, 6.45) is 5.89. The summed E-state index contributed by atoms with van der Waals surface area (Å²) in [7, 11) is -3.55. The highest BCUT2D eigenvalue weighted by molar-refractivity contribution is 7.89. The Bertz CT molecular complexity index is 872. The summed E-state index contributed by atoms with van der Waals surface area (Å²) in [5, 5.41) is 4.25. The van der Waals surface area contributed by atoms with Crippen LogP contribution in [0.1, 0.15) is 46.3 Å². The molecule has 1 aliphatic heterocycles. The molecule has 134 valence electrons. The van der Waals surface area contributed by atoms with E-state index in [4.69, 9.17) is 0 Å². The van der Waals surface area contributed by atoms with Crippen molar-refractivity contribution in [2.45, 2.75) is 50.1 Å². The van der Waals surface area contributed by atoms with E-state index >= 15 is 0 Å². The Labute approximate surface area is 152 Å². The van der Waals surface area contributed by atoms with Crippen LogP contribution in [0.25, 0.3) is 0 Å². The zero-order valence-electron chi connectivity index (χ0n) is 14.3. The molecule has 25 heavy (non-hydrogen) atoms. The van der Waals surface area contributed by atoms with E-state index in [2.05, 4.69) is 15.0 Å². The van der Waals surface area contributed by atoms with Crippen LogP contribution in [0.2, 0.25) is 0 Å². The number of thiazole rings is 1. The van der Waals surface area contributed by atoms with E-state index < -0.39 is 10.0 Å². The average molecular weight is 378 g/mol. The summed E-state index contributed by atoms with van der Waals surface area (Å²) in [5.41, 5.74) is 2.34. The largest absolute Gasteiger partial charge is 0.313 e. The van der Waals surface area contributed by atoms with Crippen LogP contribution < -0.4 is 10.0 Å². The van der Waals surface area contributed by atoms with Crippen molar-refractivity contribution in [1.82, 2.24) is 15.0 Å². The SMILES string of the molecule is Cc1cnc(C(NS(=O)(=O)c2ccc3c(c2)CCCNC3)C2CC2)s1. The van der Waals surface area contributed by atoms with Gasteiger partial charge in [-0.15, -0.1) is 11.3 Å². The van der Waals surface area contributed by atoms with Gasteiger partial charge in [0.05, 0.1) is 10.9 Å². The minimum absolute atomic E-state index is 0.204. The zero-order valence-corrected chi connectivity index (χ0v) is 15.9. The van der Waals surface area contributed by atoms with Gasteiger partial charge in [0.2, 0.25) is 10.0 Å². The maximum absolute atomic E-state index is 13.0. The van der Waals surface area contributed by atoms with Gasteiger partial charge in [-0.05, 0) is 68.3 Å². The molecule has 4 rings (SSSR count). The van der Waals surface area contributed by atoms with E-state index in [1.807, 2.05) is 25.3 Å². The lowest BCUT2D eigenvalue weighted by Crippen LogP contribution is -2.30. The molecule has 0 amide bonds. The van der Waals surface area contributed by atoms with Crippen LogP contribution in [0.4, 0.5) is 0 Å². The van der Waals surface area contributed by atoms with Gasteiger partial charge in [0.25, 0.3) is 0 Å². The molecule has 1 saturated carbocycles. The quantitative estimate of drug-likeness (QED) is 0.840. The van der Waals surface area contributed by atoms with Crippen molar-refractivity contribution >= 4 is 21.4 Å². The van der Waals surface area contributed by atoms with Crippen LogP contribution in [-0.4, -0.2) is 19.9 Å². The molecule has 0 saturated heterocycles. The summed E-state index contributed by atoms with van der Waals surface area (Å²) in [6.45, 7) is 3.79. The number of fused-ring (bicyclic) bond motifs is 1. The van der Waals surface area contributed by atoms with Crippen molar-refractivity contribution in [3.8, 4) is 0 Å². The fourth-order valence-corrected chi connectivity index (χ4v) is 5.64. The number of aromatic nitrogens is 1. The summed E-state index contributed by atoms with van der Waals surface area (Å²) >= 11 is 1.58. The van der Waals surface area contributed by atoms with E-state index in [9.17, 15) is 8.42 Å². The van der Waals surface area contributed by atoms with Gasteiger partial charge in [0.1, 0.15) is 5.01 Å². The first kappa shape index (κ1) is 17.1. The van der Waals surface area contributed by atoms with Crippen LogP contribution in [0.15, 0.2) is 29.3 Å². The molecule has 0 spiro atoms.